The Bertz CT molecular complexity index is 1010. The standard InChI is InChI=1S/C26H29N2O/c1-2-20-18-28(17-19-8-4-3-5-9-19)15-13-21(20)16-25(28)26(29)23-12-14-27-24-11-7-6-10-22(23)24/h2-12,14,20-21,25-26,29H,1,13,15-18H2/q+1/t20-,21?,25?,26?,28?/m0/s1. The number of pyridine rings is 1. The molecule has 0 radical (unpaired) electrons. The lowest BCUT2D eigenvalue weighted by atomic mass is 9.71. The molecule has 3 aliphatic heterocycles. The summed E-state index contributed by atoms with van der Waals surface area (Å²) in [6.07, 6.45) is 5.79. The Morgan fingerprint density at radius 3 is 2.72 bits per heavy atom. The highest BCUT2D eigenvalue weighted by Crippen LogP contribution is 2.47. The lowest BCUT2D eigenvalue weighted by Crippen LogP contribution is -2.67. The van der Waals surface area contributed by atoms with E-state index in [1.54, 1.807) is 0 Å². The van der Waals surface area contributed by atoms with Gasteiger partial charge < -0.3 is 9.59 Å². The quantitative estimate of drug-likeness (QED) is 0.502. The van der Waals surface area contributed by atoms with E-state index in [9.17, 15) is 5.11 Å². The number of nitrogens with zero attached hydrogens (tertiary/aromatic N) is 2. The maximum atomic E-state index is 11.7. The van der Waals surface area contributed by atoms with Crippen LogP contribution in [0.1, 0.15) is 30.1 Å². The van der Waals surface area contributed by atoms with Gasteiger partial charge in [-0.3, -0.25) is 4.98 Å². The van der Waals surface area contributed by atoms with Gasteiger partial charge >= 0.3 is 0 Å². The van der Waals surface area contributed by atoms with Crippen LogP contribution in [-0.4, -0.2) is 33.7 Å². The Labute approximate surface area is 172 Å². The molecule has 29 heavy (non-hydrogen) atoms. The summed E-state index contributed by atoms with van der Waals surface area (Å²) in [6, 6.07) is 21.2. The number of aliphatic hydroxyl groups is 1. The Morgan fingerprint density at radius 2 is 1.90 bits per heavy atom. The van der Waals surface area contributed by atoms with Gasteiger partial charge in [0.15, 0.2) is 0 Å². The summed E-state index contributed by atoms with van der Waals surface area (Å²) in [6.45, 7) is 7.32. The molecule has 2 aromatic carbocycles. The Balaban J connectivity index is 1.56. The van der Waals surface area contributed by atoms with Crippen LogP contribution < -0.4 is 0 Å². The average molecular weight is 386 g/mol. The van der Waals surface area contributed by atoms with Crippen LogP contribution in [0.5, 0.6) is 0 Å². The first-order chi connectivity index (χ1) is 14.2. The molecule has 3 aliphatic rings. The Kier molecular flexibility index (Phi) is 4.73. The van der Waals surface area contributed by atoms with E-state index in [2.05, 4.69) is 54.0 Å². The summed E-state index contributed by atoms with van der Waals surface area (Å²) in [4.78, 5) is 4.50. The number of fused-ring (bicyclic) bond motifs is 4. The lowest BCUT2D eigenvalue weighted by molar-refractivity contribution is -0.984. The number of rotatable bonds is 5. The monoisotopic (exact) mass is 385 g/mol. The van der Waals surface area contributed by atoms with Crippen LogP contribution >= 0.6 is 0 Å². The van der Waals surface area contributed by atoms with Gasteiger partial charge in [0.1, 0.15) is 18.7 Å². The van der Waals surface area contributed by atoms with E-state index in [0.717, 1.165) is 47.0 Å². The van der Waals surface area contributed by atoms with E-state index in [1.807, 2.05) is 30.5 Å². The number of piperidine rings is 3. The van der Waals surface area contributed by atoms with Gasteiger partial charge in [0, 0.05) is 35.9 Å². The molecule has 3 aromatic rings. The lowest BCUT2D eigenvalue weighted by Gasteiger charge is -2.58. The Morgan fingerprint density at radius 1 is 1.10 bits per heavy atom. The molecule has 3 heteroatoms. The minimum atomic E-state index is -0.486. The molecule has 148 valence electrons. The molecule has 0 amide bonds. The average Bonchev–Trinajstić information content (AvgIpc) is 2.78. The molecule has 2 bridgehead atoms. The van der Waals surface area contributed by atoms with Gasteiger partial charge in [-0.05, 0) is 23.6 Å². The molecule has 3 fully saturated rings. The van der Waals surface area contributed by atoms with Crippen LogP contribution in [0.4, 0.5) is 0 Å². The Hall–Kier alpha value is -2.49. The molecule has 4 heterocycles. The van der Waals surface area contributed by atoms with Gasteiger partial charge in [-0.2, -0.15) is 0 Å². The normalized spacial score (nSPS) is 29.6. The minimum Gasteiger partial charge on any atom is -0.382 e. The summed E-state index contributed by atoms with van der Waals surface area (Å²) in [5, 5.41) is 12.8. The maximum Gasteiger partial charge on any atom is 0.131 e. The third kappa shape index (κ3) is 3.19. The van der Waals surface area contributed by atoms with E-state index in [-0.39, 0.29) is 6.04 Å². The third-order valence-corrected chi connectivity index (χ3v) is 7.38. The molecule has 4 unspecified atom stereocenters. The minimum absolute atomic E-state index is 0.205. The third-order valence-electron chi connectivity index (χ3n) is 7.38. The molecule has 0 spiro atoms. The summed E-state index contributed by atoms with van der Waals surface area (Å²) in [5.74, 6) is 1.18. The summed E-state index contributed by atoms with van der Waals surface area (Å²) in [5.41, 5.74) is 3.33. The van der Waals surface area contributed by atoms with Crippen LogP contribution in [0.25, 0.3) is 10.9 Å². The molecule has 3 saturated heterocycles. The largest absolute Gasteiger partial charge is 0.382 e. The van der Waals surface area contributed by atoms with E-state index < -0.39 is 6.10 Å². The van der Waals surface area contributed by atoms with Gasteiger partial charge in [0.2, 0.25) is 0 Å². The predicted octanol–water partition coefficient (Wildman–Crippen LogP) is 4.88. The maximum absolute atomic E-state index is 11.7. The van der Waals surface area contributed by atoms with Crippen LogP contribution in [0.3, 0.4) is 0 Å². The van der Waals surface area contributed by atoms with Gasteiger partial charge in [-0.25, -0.2) is 0 Å². The number of para-hydroxylation sites is 1. The molecule has 0 aliphatic carbocycles. The summed E-state index contributed by atoms with van der Waals surface area (Å²) < 4.78 is 0.953. The predicted molar refractivity (Wildman–Crippen MR) is 117 cm³/mol. The highest BCUT2D eigenvalue weighted by Gasteiger charge is 2.53. The van der Waals surface area contributed by atoms with Crippen LogP contribution in [-0.2, 0) is 6.54 Å². The number of hydrogen-bond donors (Lipinski definition) is 1. The fourth-order valence-electron chi connectivity index (χ4n) is 5.91. The number of quaternary nitrogens is 1. The van der Waals surface area contributed by atoms with Crippen molar-refractivity contribution >= 4 is 10.9 Å². The van der Waals surface area contributed by atoms with Crippen LogP contribution in [0.2, 0.25) is 0 Å². The molecule has 5 atom stereocenters. The number of aromatic nitrogens is 1. The molecule has 6 rings (SSSR count). The highest BCUT2D eigenvalue weighted by atomic mass is 16.3. The second-order valence-electron chi connectivity index (χ2n) is 8.88. The first kappa shape index (κ1) is 18.5. The van der Waals surface area contributed by atoms with Crippen molar-refractivity contribution in [3.8, 4) is 0 Å². The van der Waals surface area contributed by atoms with Crippen molar-refractivity contribution in [2.24, 2.45) is 11.8 Å². The zero-order chi connectivity index (χ0) is 19.8. The molecule has 3 nitrogen and oxygen atoms in total. The zero-order valence-electron chi connectivity index (χ0n) is 16.8. The van der Waals surface area contributed by atoms with E-state index in [4.69, 9.17) is 0 Å². The van der Waals surface area contributed by atoms with Crippen molar-refractivity contribution in [2.75, 3.05) is 13.1 Å². The van der Waals surface area contributed by atoms with Gasteiger partial charge in [-0.1, -0.05) is 54.6 Å². The number of aliphatic hydroxyl groups excluding tert-OH is 1. The topological polar surface area (TPSA) is 33.1 Å². The van der Waals surface area contributed by atoms with Crippen molar-refractivity contribution in [1.82, 2.24) is 4.98 Å². The molecular weight excluding hydrogens is 356 g/mol. The number of hydrogen-bond acceptors (Lipinski definition) is 2. The fourth-order valence-corrected chi connectivity index (χ4v) is 5.91. The van der Waals surface area contributed by atoms with Crippen LogP contribution in [0.15, 0.2) is 79.5 Å². The van der Waals surface area contributed by atoms with E-state index in [0.29, 0.717) is 11.8 Å². The zero-order valence-corrected chi connectivity index (χ0v) is 16.8. The van der Waals surface area contributed by atoms with E-state index in [1.165, 1.54) is 12.0 Å². The first-order valence-electron chi connectivity index (χ1n) is 10.7. The molecule has 0 saturated carbocycles. The van der Waals surface area contributed by atoms with Crippen molar-refractivity contribution in [1.29, 1.82) is 0 Å². The molecular formula is C26H29N2O+. The molecule has 1 aromatic heterocycles. The number of benzene rings is 2. The molecule has 1 N–H and O–H groups in total. The highest BCUT2D eigenvalue weighted by molar-refractivity contribution is 5.82. The van der Waals surface area contributed by atoms with Crippen molar-refractivity contribution in [3.05, 3.63) is 90.6 Å². The summed E-state index contributed by atoms with van der Waals surface area (Å²) in [7, 11) is 0. The van der Waals surface area contributed by atoms with Crippen molar-refractivity contribution in [2.45, 2.75) is 31.5 Å². The second-order valence-corrected chi connectivity index (χ2v) is 8.88. The van der Waals surface area contributed by atoms with Crippen molar-refractivity contribution < 1.29 is 9.59 Å². The van der Waals surface area contributed by atoms with Gasteiger partial charge in [-0.15, -0.1) is 6.58 Å². The summed E-state index contributed by atoms with van der Waals surface area (Å²) >= 11 is 0. The van der Waals surface area contributed by atoms with Crippen LogP contribution in [0, 0.1) is 11.8 Å². The fraction of sp³-hybridized carbons (Fsp3) is 0.346. The second kappa shape index (κ2) is 7.40. The van der Waals surface area contributed by atoms with Gasteiger partial charge in [0.05, 0.1) is 18.6 Å². The smallest absolute Gasteiger partial charge is 0.131 e. The SMILES string of the molecule is C=C[C@H]1C[N+]2(Cc3ccccc3)CCC1CC2C(O)c1ccnc2ccccc12. The van der Waals surface area contributed by atoms with E-state index >= 15 is 0 Å². The first-order valence-corrected chi connectivity index (χ1v) is 10.7. The van der Waals surface area contributed by atoms with Gasteiger partial charge in [0.25, 0.3) is 0 Å². The van der Waals surface area contributed by atoms with Crippen molar-refractivity contribution in [3.63, 3.8) is 0 Å².